The van der Waals surface area contributed by atoms with E-state index in [2.05, 4.69) is 25.4 Å². The lowest BCUT2D eigenvalue weighted by molar-refractivity contribution is -0.144. The molecule has 4 aromatic rings. The molecule has 12 heteroatoms. The lowest BCUT2D eigenvalue weighted by Gasteiger charge is -2.30. The summed E-state index contributed by atoms with van der Waals surface area (Å²) in [5.41, 5.74) is 2.03. The third-order valence-corrected chi connectivity index (χ3v) is 6.60. The number of fused-ring (bicyclic) bond motifs is 2. The zero-order chi connectivity index (χ0) is 27.4. The molecule has 0 aliphatic carbocycles. The van der Waals surface area contributed by atoms with E-state index in [1.807, 2.05) is 43.3 Å². The van der Waals surface area contributed by atoms with E-state index in [4.69, 9.17) is 18.9 Å². The van der Waals surface area contributed by atoms with Crippen LogP contribution < -0.4 is 19.8 Å². The van der Waals surface area contributed by atoms with Gasteiger partial charge in [0.2, 0.25) is 6.79 Å². The highest BCUT2D eigenvalue weighted by molar-refractivity contribution is 5.80. The summed E-state index contributed by atoms with van der Waals surface area (Å²) in [7, 11) is 1.59. The van der Waals surface area contributed by atoms with Crippen molar-refractivity contribution in [2.24, 2.45) is 0 Å². The number of H-pyrrole nitrogens is 1. The van der Waals surface area contributed by atoms with E-state index in [-0.39, 0.29) is 31.5 Å². The second-order valence-electron chi connectivity index (χ2n) is 9.09. The van der Waals surface area contributed by atoms with Gasteiger partial charge in [0.25, 0.3) is 5.56 Å². The molecule has 204 valence electrons. The van der Waals surface area contributed by atoms with Gasteiger partial charge in [-0.2, -0.15) is 0 Å². The molecule has 0 amide bonds. The molecule has 5 rings (SSSR count). The molecule has 3 heterocycles. The molecule has 0 spiro atoms. The van der Waals surface area contributed by atoms with Gasteiger partial charge in [0, 0.05) is 24.7 Å². The number of tetrazole rings is 1. The molecular weight excluding hydrogens is 504 g/mol. The van der Waals surface area contributed by atoms with E-state index >= 15 is 0 Å². The molecular formula is C27H30N6O6. The first-order valence-corrected chi connectivity index (χ1v) is 12.7. The van der Waals surface area contributed by atoms with Crippen LogP contribution in [0.4, 0.5) is 0 Å². The Morgan fingerprint density at radius 2 is 1.97 bits per heavy atom. The number of nitrogens with one attached hydrogen (secondary N) is 1. The summed E-state index contributed by atoms with van der Waals surface area (Å²) < 4.78 is 22.9. The van der Waals surface area contributed by atoms with Crippen molar-refractivity contribution in [1.82, 2.24) is 30.1 Å². The quantitative estimate of drug-likeness (QED) is 0.286. The maximum Gasteiger partial charge on any atom is 0.327 e. The Balaban J connectivity index is 1.51. The third kappa shape index (κ3) is 5.70. The van der Waals surface area contributed by atoms with Gasteiger partial charge in [-0.25, -0.2) is 4.68 Å². The Hall–Kier alpha value is -4.45. The predicted octanol–water partition coefficient (Wildman–Crippen LogP) is 2.97. The number of aromatic amines is 1. The van der Waals surface area contributed by atoms with Gasteiger partial charge in [-0.3, -0.25) is 14.5 Å². The molecule has 2 aromatic carbocycles. The molecule has 0 bridgehead atoms. The van der Waals surface area contributed by atoms with Crippen LogP contribution in [0, 0.1) is 0 Å². The zero-order valence-corrected chi connectivity index (χ0v) is 22.0. The molecule has 12 nitrogen and oxygen atoms in total. The van der Waals surface area contributed by atoms with Gasteiger partial charge < -0.3 is 23.9 Å². The van der Waals surface area contributed by atoms with Gasteiger partial charge in [0.1, 0.15) is 12.3 Å². The summed E-state index contributed by atoms with van der Waals surface area (Å²) in [6.45, 7) is 4.86. The second-order valence-corrected chi connectivity index (χ2v) is 9.09. The number of carbonyl (C=O) groups is 1. The summed E-state index contributed by atoms with van der Waals surface area (Å²) in [4.78, 5) is 30.5. The largest absolute Gasteiger partial charge is 0.497 e. The van der Waals surface area contributed by atoms with Crippen molar-refractivity contribution in [3.8, 4) is 17.2 Å². The molecule has 0 fully saturated rings. The van der Waals surface area contributed by atoms with Crippen LogP contribution in [-0.4, -0.2) is 56.6 Å². The van der Waals surface area contributed by atoms with Gasteiger partial charge in [-0.05, 0) is 65.1 Å². The first-order chi connectivity index (χ1) is 19.0. The van der Waals surface area contributed by atoms with E-state index in [0.29, 0.717) is 53.7 Å². The van der Waals surface area contributed by atoms with Gasteiger partial charge in [0.05, 0.1) is 25.3 Å². The minimum atomic E-state index is -0.426. The van der Waals surface area contributed by atoms with Crippen LogP contribution in [-0.2, 0) is 29.2 Å². The highest BCUT2D eigenvalue weighted by Gasteiger charge is 2.27. The fraction of sp³-hybridized carbons (Fsp3) is 0.370. The lowest BCUT2D eigenvalue weighted by atomic mass is 10.1. The summed E-state index contributed by atoms with van der Waals surface area (Å²) in [5, 5.41) is 13.0. The number of pyridine rings is 1. The Labute approximate surface area is 224 Å². The smallest absolute Gasteiger partial charge is 0.327 e. The second kappa shape index (κ2) is 11.5. The average molecular weight is 535 g/mol. The molecule has 1 aliphatic heterocycles. The van der Waals surface area contributed by atoms with Crippen molar-refractivity contribution in [3.05, 3.63) is 69.8 Å². The maximum absolute atomic E-state index is 13.2. The Morgan fingerprint density at radius 3 is 2.77 bits per heavy atom. The first kappa shape index (κ1) is 26.2. The number of hydrogen-bond acceptors (Lipinski definition) is 10. The number of rotatable bonds is 11. The number of aromatic nitrogens is 5. The van der Waals surface area contributed by atoms with Crippen LogP contribution in [0.3, 0.4) is 0 Å². The standard InChI is InChI=1S/C27H30N6O6/c1-4-22(26-29-30-31-33(26)15-25(34)37-5-2)32(13-17-6-9-23-24(10-17)39-16-38-23)14-19-11-18-7-8-20(36-3)12-21(18)28-27(19)35/h6-12,22H,4-5,13-16H2,1-3H3,(H,28,35)/t22-/m0/s1. The van der Waals surface area contributed by atoms with Gasteiger partial charge >= 0.3 is 5.97 Å². The number of ether oxygens (including phenoxy) is 4. The molecule has 0 radical (unpaired) electrons. The van der Waals surface area contributed by atoms with E-state index < -0.39 is 5.97 Å². The van der Waals surface area contributed by atoms with Crippen LogP contribution in [0.5, 0.6) is 17.2 Å². The van der Waals surface area contributed by atoms with Crippen molar-refractivity contribution in [1.29, 1.82) is 0 Å². The summed E-state index contributed by atoms with van der Waals surface area (Å²) >= 11 is 0. The van der Waals surface area contributed by atoms with Gasteiger partial charge in [-0.15, -0.1) is 5.10 Å². The summed E-state index contributed by atoms with van der Waals surface area (Å²) in [5.74, 6) is 2.11. The maximum atomic E-state index is 13.2. The third-order valence-electron chi connectivity index (χ3n) is 6.60. The van der Waals surface area contributed by atoms with Gasteiger partial charge in [-0.1, -0.05) is 13.0 Å². The number of benzene rings is 2. The zero-order valence-electron chi connectivity index (χ0n) is 22.0. The highest BCUT2D eigenvalue weighted by Crippen LogP contribution is 2.34. The van der Waals surface area contributed by atoms with Crippen molar-refractivity contribution in [2.75, 3.05) is 20.5 Å². The van der Waals surface area contributed by atoms with Crippen LogP contribution >= 0.6 is 0 Å². The minimum Gasteiger partial charge on any atom is -0.497 e. The molecule has 1 atom stereocenters. The number of nitrogens with zero attached hydrogens (tertiary/aromatic N) is 5. The fourth-order valence-corrected chi connectivity index (χ4v) is 4.73. The van der Waals surface area contributed by atoms with E-state index in [9.17, 15) is 9.59 Å². The number of methoxy groups -OCH3 is 1. The van der Waals surface area contributed by atoms with E-state index in [1.165, 1.54) is 4.68 Å². The van der Waals surface area contributed by atoms with Crippen LogP contribution in [0.1, 0.15) is 43.3 Å². The molecule has 2 aromatic heterocycles. The molecule has 1 aliphatic rings. The minimum absolute atomic E-state index is 0.108. The average Bonchev–Trinajstić information content (AvgIpc) is 3.58. The monoisotopic (exact) mass is 534 g/mol. The lowest BCUT2D eigenvalue weighted by Crippen LogP contribution is -2.33. The Bertz CT molecular complexity index is 1530. The first-order valence-electron chi connectivity index (χ1n) is 12.7. The van der Waals surface area contributed by atoms with Crippen LogP contribution in [0.15, 0.2) is 47.3 Å². The van der Waals surface area contributed by atoms with E-state index in [1.54, 1.807) is 20.1 Å². The van der Waals surface area contributed by atoms with E-state index in [0.717, 1.165) is 10.9 Å². The summed E-state index contributed by atoms with van der Waals surface area (Å²) in [6, 6.07) is 12.9. The normalized spacial score (nSPS) is 13.1. The van der Waals surface area contributed by atoms with Crippen LogP contribution in [0.25, 0.3) is 10.9 Å². The van der Waals surface area contributed by atoms with Crippen molar-refractivity contribution < 1.29 is 23.7 Å². The van der Waals surface area contributed by atoms with Crippen molar-refractivity contribution in [2.45, 2.75) is 45.9 Å². The van der Waals surface area contributed by atoms with Crippen molar-refractivity contribution >= 4 is 16.9 Å². The van der Waals surface area contributed by atoms with Crippen molar-refractivity contribution in [3.63, 3.8) is 0 Å². The molecule has 39 heavy (non-hydrogen) atoms. The SMILES string of the molecule is CCOC(=O)Cn1nnnc1[C@H](CC)N(Cc1ccc2c(c1)OCO2)Cc1cc2ccc(OC)cc2[nH]c1=O. The fourth-order valence-electron chi connectivity index (χ4n) is 4.73. The summed E-state index contributed by atoms with van der Waals surface area (Å²) in [6.07, 6.45) is 0.621. The van der Waals surface area contributed by atoms with Crippen LogP contribution in [0.2, 0.25) is 0 Å². The number of esters is 1. The molecule has 1 N–H and O–H groups in total. The molecule has 0 saturated carbocycles. The topological polar surface area (TPSA) is 134 Å². The van der Waals surface area contributed by atoms with Gasteiger partial charge in [0.15, 0.2) is 17.3 Å². The number of carbonyl (C=O) groups excluding carboxylic acids is 1. The predicted molar refractivity (Wildman–Crippen MR) is 140 cm³/mol. The highest BCUT2D eigenvalue weighted by atomic mass is 16.7. The molecule has 0 saturated heterocycles. The Kier molecular flexibility index (Phi) is 7.73. The Morgan fingerprint density at radius 1 is 1.13 bits per heavy atom. The molecule has 0 unspecified atom stereocenters. The number of hydrogen-bond donors (Lipinski definition) is 1.